The zero-order valence-corrected chi connectivity index (χ0v) is 16.8. The minimum Gasteiger partial charge on any atom is -0.480 e. The Balaban J connectivity index is 1.66. The molecule has 31 heavy (non-hydrogen) atoms. The van der Waals surface area contributed by atoms with E-state index >= 15 is 0 Å². The summed E-state index contributed by atoms with van der Waals surface area (Å²) in [6, 6.07) is 22.3. The molecule has 2 N–H and O–H groups in total. The van der Waals surface area contributed by atoms with Crippen LogP contribution in [-0.4, -0.2) is 32.1 Å². The van der Waals surface area contributed by atoms with Gasteiger partial charge in [0, 0.05) is 30.8 Å². The Bertz CT molecular complexity index is 1140. The average Bonchev–Trinajstić information content (AvgIpc) is 2.81. The molecule has 2 aromatic carbocycles. The van der Waals surface area contributed by atoms with E-state index in [4.69, 9.17) is 4.98 Å². The molecule has 0 aliphatic rings. The Hall–Kier alpha value is -4.06. The number of benzene rings is 2. The van der Waals surface area contributed by atoms with Gasteiger partial charge in [-0.2, -0.15) is 0 Å². The van der Waals surface area contributed by atoms with Gasteiger partial charge < -0.3 is 10.4 Å². The van der Waals surface area contributed by atoms with Crippen LogP contribution in [0.4, 0.5) is 5.82 Å². The van der Waals surface area contributed by atoms with Gasteiger partial charge in [0.25, 0.3) is 0 Å². The molecule has 6 heteroatoms. The van der Waals surface area contributed by atoms with Crippen molar-refractivity contribution in [2.75, 3.05) is 5.32 Å². The molecule has 0 unspecified atom stereocenters. The van der Waals surface area contributed by atoms with Crippen LogP contribution in [0, 0.1) is 0 Å². The Labute approximate surface area is 180 Å². The number of carbonyl (C=O) groups is 1. The summed E-state index contributed by atoms with van der Waals surface area (Å²) in [6.45, 7) is 0. The highest BCUT2D eigenvalue weighted by molar-refractivity contribution is 5.77. The summed E-state index contributed by atoms with van der Waals surface area (Å²) in [5, 5.41) is 12.9. The normalized spacial score (nSPS) is 11.6. The van der Waals surface area contributed by atoms with Crippen LogP contribution in [0.15, 0.2) is 91.4 Å². The molecule has 0 aliphatic carbocycles. The number of carboxylic acids is 1. The Morgan fingerprint density at radius 2 is 1.61 bits per heavy atom. The molecular weight excluding hydrogens is 388 g/mol. The van der Waals surface area contributed by atoms with Crippen molar-refractivity contribution in [2.45, 2.75) is 18.9 Å². The number of nitrogens with zero attached hydrogens (tertiary/aromatic N) is 3. The molecule has 2 aromatic heterocycles. The van der Waals surface area contributed by atoms with Gasteiger partial charge in [-0.1, -0.05) is 66.7 Å². The fourth-order valence-electron chi connectivity index (χ4n) is 3.33. The van der Waals surface area contributed by atoms with Crippen molar-refractivity contribution in [2.24, 2.45) is 0 Å². The second-order valence-electron chi connectivity index (χ2n) is 7.18. The maximum Gasteiger partial charge on any atom is 0.326 e. The van der Waals surface area contributed by atoms with E-state index in [0.29, 0.717) is 24.4 Å². The van der Waals surface area contributed by atoms with Crippen molar-refractivity contribution in [3.63, 3.8) is 0 Å². The van der Waals surface area contributed by atoms with Gasteiger partial charge in [-0.25, -0.2) is 14.8 Å². The Morgan fingerprint density at radius 1 is 0.903 bits per heavy atom. The highest BCUT2D eigenvalue weighted by atomic mass is 16.4. The molecule has 4 aromatic rings. The minimum atomic E-state index is -0.940. The van der Waals surface area contributed by atoms with Crippen molar-refractivity contribution >= 4 is 11.8 Å². The van der Waals surface area contributed by atoms with Crippen LogP contribution >= 0.6 is 0 Å². The fourth-order valence-corrected chi connectivity index (χ4v) is 3.33. The molecule has 0 spiro atoms. The van der Waals surface area contributed by atoms with Crippen molar-refractivity contribution in [1.29, 1.82) is 0 Å². The SMILES string of the molecule is O=C(O)[C@H](Cc1ccccc1)Nc1ncc(-c2ccccc2)nc1Cc1cccnc1. The lowest BCUT2D eigenvalue weighted by Gasteiger charge is -2.18. The second kappa shape index (κ2) is 9.63. The maximum absolute atomic E-state index is 11.9. The topological polar surface area (TPSA) is 88.0 Å². The molecule has 4 rings (SSSR count). The highest BCUT2D eigenvalue weighted by Gasteiger charge is 2.21. The quantitative estimate of drug-likeness (QED) is 0.452. The van der Waals surface area contributed by atoms with Gasteiger partial charge in [-0.15, -0.1) is 0 Å². The third-order valence-electron chi connectivity index (χ3n) is 4.90. The van der Waals surface area contributed by atoms with E-state index in [-0.39, 0.29) is 0 Å². The van der Waals surface area contributed by atoms with Gasteiger partial charge in [0.15, 0.2) is 0 Å². The fraction of sp³-hybridized carbons (Fsp3) is 0.120. The summed E-state index contributed by atoms with van der Waals surface area (Å²) in [5.74, 6) is -0.475. The minimum absolute atomic E-state index is 0.338. The predicted octanol–water partition coefficient (Wildman–Crippen LogP) is 4.24. The predicted molar refractivity (Wildman–Crippen MR) is 120 cm³/mol. The van der Waals surface area contributed by atoms with E-state index in [1.165, 1.54) is 0 Å². The molecule has 0 saturated carbocycles. The number of aliphatic carboxylic acids is 1. The maximum atomic E-state index is 11.9. The molecule has 0 aliphatic heterocycles. The van der Waals surface area contributed by atoms with Crippen LogP contribution in [-0.2, 0) is 17.6 Å². The summed E-state index contributed by atoms with van der Waals surface area (Å²) < 4.78 is 0. The van der Waals surface area contributed by atoms with Gasteiger partial charge >= 0.3 is 5.97 Å². The zero-order chi connectivity index (χ0) is 21.5. The van der Waals surface area contributed by atoms with Gasteiger partial charge in [-0.05, 0) is 17.2 Å². The van der Waals surface area contributed by atoms with Crippen LogP contribution < -0.4 is 5.32 Å². The van der Waals surface area contributed by atoms with Crippen LogP contribution in [0.25, 0.3) is 11.3 Å². The van der Waals surface area contributed by atoms with Gasteiger partial charge in [-0.3, -0.25) is 4.98 Å². The van der Waals surface area contributed by atoms with E-state index in [9.17, 15) is 9.90 Å². The number of aromatic nitrogens is 3. The number of hydrogen-bond donors (Lipinski definition) is 2. The number of carboxylic acid groups (broad SMARTS) is 1. The number of rotatable bonds is 8. The molecule has 1 atom stereocenters. The summed E-state index contributed by atoms with van der Waals surface area (Å²) in [7, 11) is 0. The Morgan fingerprint density at radius 3 is 2.29 bits per heavy atom. The second-order valence-corrected chi connectivity index (χ2v) is 7.18. The third kappa shape index (κ3) is 5.30. The average molecular weight is 410 g/mol. The van der Waals surface area contributed by atoms with E-state index < -0.39 is 12.0 Å². The summed E-state index contributed by atoms with van der Waals surface area (Å²) in [5.41, 5.74) is 4.27. The van der Waals surface area contributed by atoms with Crippen LogP contribution in [0.3, 0.4) is 0 Å². The molecule has 6 nitrogen and oxygen atoms in total. The molecule has 0 radical (unpaired) electrons. The van der Waals surface area contributed by atoms with E-state index in [0.717, 1.165) is 22.4 Å². The number of hydrogen-bond acceptors (Lipinski definition) is 5. The lowest BCUT2D eigenvalue weighted by Crippen LogP contribution is -2.32. The first kappa shape index (κ1) is 20.2. The first-order valence-corrected chi connectivity index (χ1v) is 10.0. The van der Waals surface area contributed by atoms with E-state index in [1.807, 2.05) is 72.8 Å². The third-order valence-corrected chi connectivity index (χ3v) is 4.90. The largest absolute Gasteiger partial charge is 0.480 e. The smallest absolute Gasteiger partial charge is 0.326 e. The first-order chi connectivity index (χ1) is 15.2. The summed E-state index contributed by atoms with van der Waals surface area (Å²) >= 11 is 0. The van der Waals surface area contributed by atoms with Crippen molar-refractivity contribution < 1.29 is 9.90 Å². The number of pyridine rings is 1. The Kier molecular flexibility index (Phi) is 6.28. The van der Waals surface area contributed by atoms with Crippen LogP contribution in [0.5, 0.6) is 0 Å². The van der Waals surface area contributed by atoms with Crippen molar-refractivity contribution in [3.05, 3.63) is 108 Å². The summed E-state index contributed by atoms with van der Waals surface area (Å²) in [4.78, 5) is 25.5. The monoisotopic (exact) mass is 410 g/mol. The molecule has 0 amide bonds. The van der Waals surface area contributed by atoms with Crippen molar-refractivity contribution in [3.8, 4) is 11.3 Å². The molecule has 0 bridgehead atoms. The standard InChI is InChI=1S/C25H22N4O2/c30-25(31)22(14-18-8-3-1-4-9-18)29-24-21(15-19-10-7-13-26-16-19)28-23(17-27-24)20-11-5-2-6-12-20/h1-13,16-17,22H,14-15H2,(H,27,29)(H,30,31)/t22-/m0/s1. The lowest BCUT2D eigenvalue weighted by atomic mass is 10.1. The molecule has 0 saturated heterocycles. The zero-order valence-electron chi connectivity index (χ0n) is 16.8. The van der Waals surface area contributed by atoms with E-state index in [2.05, 4.69) is 15.3 Å². The van der Waals surface area contributed by atoms with Crippen LogP contribution in [0.2, 0.25) is 0 Å². The molecule has 2 heterocycles. The van der Waals surface area contributed by atoms with Gasteiger partial charge in [0.1, 0.15) is 11.9 Å². The molecule has 154 valence electrons. The van der Waals surface area contributed by atoms with Gasteiger partial charge in [0.05, 0.1) is 17.6 Å². The van der Waals surface area contributed by atoms with Crippen LogP contribution in [0.1, 0.15) is 16.8 Å². The highest BCUT2D eigenvalue weighted by Crippen LogP contribution is 2.22. The molecule has 0 fully saturated rings. The molecular formula is C25H22N4O2. The first-order valence-electron chi connectivity index (χ1n) is 10.0. The van der Waals surface area contributed by atoms with Gasteiger partial charge in [0.2, 0.25) is 0 Å². The number of nitrogens with one attached hydrogen (secondary N) is 1. The summed E-state index contributed by atoms with van der Waals surface area (Å²) in [6.07, 6.45) is 5.99. The lowest BCUT2D eigenvalue weighted by molar-refractivity contribution is -0.137. The van der Waals surface area contributed by atoms with Crippen molar-refractivity contribution in [1.82, 2.24) is 15.0 Å². The van der Waals surface area contributed by atoms with E-state index in [1.54, 1.807) is 18.6 Å². The number of anilines is 1.